The Morgan fingerprint density at radius 3 is 2.04 bits per heavy atom. The number of Topliss-reactive ketones (excluding diaryl/α,β-unsaturated/α-hetero) is 1. The third-order valence-electron chi connectivity index (χ3n) is 18.0. The highest BCUT2D eigenvalue weighted by Gasteiger charge is 2.51. The van der Waals surface area contributed by atoms with Crippen molar-refractivity contribution in [3.8, 4) is 39.8 Å². The second kappa shape index (κ2) is 38.3. The summed E-state index contributed by atoms with van der Waals surface area (Å²) >= 11 is 0. The molecule has 2 aliphatic heterocycles. The lowest BCUT2D eigenvalue weighted by molar-refractivity contribution is -0.249. The maximum atomic E-state index is 14.1. The molecule has 7 atom stereocenters. The minimum absolute atomic E-state index is 0.00721. The number of carbonyl (C=O) groups excluding carboxylic acids is 7. The van der Waals surface area contributed by atoms with Crippen LogP contribution in [0.1, 0.15) is 126 Å². The molecule has 5 aromatic rings. The van der Waals surface area contributed by atoms with Crippen LogP contribution in [0.25, 0.3) is 22.5 Å². The van der Waals surface area contributed by atoms with Gasteiger partial charge in [-0.3, -0.25) is 33.6 Å². The summed E-state index contributed by atoms with van der Waals surface area (Å²) in [6.45, 7) is 7.13. The first-order valence-corrected chi connectivity index (χ1v) is 34.6. The molecule has 1 unspecified atom stereocenters. The van der Waals surface area contributed by atoms with Gasteiger partial charge in [0, 0.05) is 72.9 Å². The fraction of sp³-hybridized carbons (Fsp3) is 0.542. The van der Waals surface area contributed by atoms with E-state index in [-0.39, 0.29) is 145 Å². The topological polar surface area (TPSA) is 406 Å². The summed E-state index contributed by atoms with van der Waals surface area (Å²) in [7, 11) is 1.30. The van der Waals surface area contributed by atoms with Gasteiger partial charge in [0.15, 0.2) is 17.9 Å². The van der Waals surface area contributed by atoms with Crippen molar-refractivity contribution in [2.75, 3.05) is 124 Å². The number of aliphatic hydroxyl groups excluding tert-OH is 2. The maximum absolute atomic E-state index is 14.1. The van der Waals surface area contributed by atoms with E-state index in [1.54, 1.807) is 4.90 Å². The van der Waals surface area contributed by atoms with Crippen molar-refractivity contribution < 1.29 is 111 Å². The van der Waals surface area contributed by atoms with Crippen molar-refractivity contribution in [1.29, 1.82) is 0 Å². The minimum Gasteiger partial charge on any atom is -0.507 e. The van der Waals surface area contributed by atoms with E-state index >= 15 is 0 Å². The van der Waals surface area contributed by atoms with Crippen LogP contribution in [0.4, 0.5) is 5.69 Å². The zero-order chi connectivity index (χ0) is 72.7. The van der Waals surface area contributed by atoms with E-state index in [0.717, 1.165) is 41.6 Å². The number of hydrogen-bond acceptors (Lipinski definition) is 26. The summed E-state index contributed by atoms with van der Waals surface area (Å²) in [6.07, 6.45) is -2.96. The molecule has 4 aromatic carbocycles. The van der Waals surface area contributed by atoms with E-state index in [1.807, 2.05) is 53.2 Å². The highest BCUT2D eigenvalue weighted by molar-refractivity contribution is 6.31. The van der Waals surface area contributed by atoms with Crippen LogP contribution < -0.4 is 26.0 Å². The molecule has 9 rings (SSSR count). The fourth-order valence-electron chi connectivity index (χ4n) is 12.7. The molecule has 30 heteroatoms. The number of nitrogens with two attached hydrogens (primary N) is 1. The molecule has 4 aliphatic rings. The zero-order valence-electron chi connectivity index (χ0n) is 57.8. The van der Waals surface area contributed by atoms with Gasteiger partial charge in [0.2, 0.25) is 23.5 Å². The lowest BCUT2D eigenvalue weighted by Crippen LogP contribution is -2.56. The molecule has 0 radical (unpaired) electrons. The van der Waals surface area contributed by atoms with Gasteiger partial charge in [0.1, 0.15) is 53.9 Å². The number of fused-ring (bicyclic) bond motifs is 8. The number of hydrogen-bond donors (Lipinski definition) is 8. The minimum atomic E-state index is -2.37. The number of methoxy groups -OCH3 is 1. The second-order valence-electron chi connectivity index (χ2n) is 25.0. The number of phenols is 2. The molecule has 9 N–H and O–H groups in total. The van der Waals surface area contributed by atoms with Crippen LogP contribution in [0.5, 0.6) is 17.2 Å². The first-order chi connectivity index (χ1) is 49.4. The van der Waals surface area contributed by atoms with Crippen molar-refractivity contribution in [2.45, 2.75) is 133 Å². The van der Waals surface area contributed by atoms with Gasteiger partial charge in [0.25, 0.3) is 0 Å². The highest BCUT2D eigenvalue weighted by Crippen LogP contribution is 2.53. The third kappa shape index (κ3) is 19.7. The van der Waals surface area contributed by atoms with Crippen LogP contribution >= 0.6 is 0 Å². The van der Waals surface area contributed by atoms with Crippen molar-refractivity contribution in [3.05, 3.63) is 106 Å². The third-order valence-corrected chi connectivity index (χ3v) is 18.0. The molecule has 3 heterocycles. The standard InChI is InChI=1S/C72H93N7O23/c1-4-5-6-16-50(73)71(90)100-38-37-99-36-35-98-32-29-95-26-23-79-65-46-13-8-7-12-45(46)42-78(52-17-10-9-14-47(52)64(65)76-77-79)58(84)20-19-56(82)74-22-25-94-28-31-97-34-33-96-30-27-93-24-21-57(83)75-51-39-59(101-44(2)66(51)85)102-54-41-72(91,55(81)43-80)40-49-61(54)70(89)63-62(68(49)87)67(86)48-15-11-18-53(92-3)60(48)69(63)88/h7-15,17-18,44,50-51,54,59,66,80,85,87,89,91H,4-6,16,19-43,73H2,1-3H3,(H,74,82)(H,75,83)/t44-,50-,51-,54-,59?,66+,72-/m0/s1. The quantitative estimate of drug-likeness (QED) is 0.0155. The van der Waals surface area contributed by atoms with Gasteiger partial charge < -0.3 is 98.9 Å². The number of benzene rings is 4. The Bertz CT molecular complexity index is 3700. The number of ether oxygens (including phenoxy) is 11. The molecule has 554 valence electrons. The van der Waals surface area contributed by atoms with E-state index < -0.39 is 114 Å². The number of aromatic hydroxyl groups is 2. The maximum Gasteiger partial charge on any atom is 0.322 e. The number of esters is 1. The molecule has 1 aromatic heterocycles. The van der Waals surface area contributed by atoms with Crippen LogP contribution in [0.15, 0.2) is 66.7 Å². The summed E-state index contributed by atoms with van der Waals surface area (Å²) in [5.74, 6) is -5.60. The van der Waals surface area contributed by atoms with Crippen LogP contribution in [0.2, 0.25) is 0 Å². The summed E-state index contributed by atoms with van der Waals surface area (Å²) < 4.78 is 64.0. The molecule has 102 heavy (non-hydrogen) atoms. The number of nitrogens with zero attached hydrogens (tertiary/aromatic N) is 4. The number of para-hydroxylation sites is 1. The molecular weight excluding hydrogens is 1330 g/mol. The molecule has 0 spiro atoms. The normalized spacial score (nSPS) is 19.2. The van der Waals surface area contributed by atoms with Gasteiger partial charge in [-0.05, 0) is 31.0 Å². The number of aliphatic hydroxyl groups is 3. The SMILES string of the molecule is CCCCC[C@H](N)C(=O)OCCOCCOCCOCCn1nnc2c1-c1ccccc1CN(C(=O)CCC(=O)NCCOCCOCCOCCOCCC(=O)N[C@H]1CC(O[C@H]3C[C@](O)(C(=O)CO)Cc4c(O)c5c(c(O)c43)C(=O)c3c(OC)cccc3C5=O)O[C@@H](C)[C@H]1O)c1ccccc1-2. The van der Waals surface area contributed by atoms with Gasteiger partial charge in [-0.15, -0.1) is 5.10 Å². The highest BCUT2D eigenvalue weighted by atomic mass is 16.7. The number of rotatable bonds is 41. The molecule has 0 saturated carbocycles. The number of nitrogens with one attached hydrogen (secondary N) is 2. The Morgan fingerprint density at radius 1 is 0.725 bits per heavy atom. The molecule has 2 aliphatic carbocycles. The van der Waals surface area contributed by atoms with Crippen LogP contribution in [0.3, 0.4) is 0 Å². The molecule has 3 amide bonds. The van der Waals surface area contributed by atoms with Crippen LogP contribution in [0, 0.1) is 0 Å². The second-order valence-corrected chi connectivity index (χ2v) is 25.0. The summed E-state index contributed by atoms with van der Waals surface area (Å²) in [5, 5.41) is 70.9. The Kier molecular flexibility index (Phi) is 29.3. The largest absolute Gasteiger partial charge is 0.507 e. The Labute approximate surface area is 590 Å². The first kappa shape index (κ1) is 77.9. The molecule has 1 saturated heterocycles. The Balaban J connectivity index is 0.621. The molecule has 1 fully saturated rings. The molecular formula is C72H93N7O23. The van der Waals surface area contributed by atoms with E-state index in [0.29, 0.717) is 57.4 Å². The van der Waals surface area contributed by atoms with Gasteiger partial charge in [-0.2, -0.15) is 0 Å². The predicted octanol–water partition coefficient (Wildman–Crippen LogP) is 3.48. The van der Waals surface area contributed by atoms with Gasteiger partial charge in [-0.1, -0.05) is 86.0 Å². The number of anilines is 1. The number of amides is 3. The number of unbranched alkanes of at least 4 members (excludes halogenated alkanes) is 2. The number of carbonyl (C=O) groups is 7. The lowest BCUT2D eigenvalue weighted by atomic mass is 9.72. The van der Waals surface area contributed by atoms with Crippen molar-refractivity contribution in [1.82, 2.24) is 25.6 Å². The number of phenolic OH excluding ortho intramolecular Hbond substituents is 2. The number of ketones is 3. The van der Waals surface area contributed by atoms with E-state index in [1.165, 1.54) is 32.2 Å². The lowest BCUT2D eigenvalue weighted by Gasteiger charge is -2.43. The fourth-order valence-corrected chi connectivity index (χ4v) is 12.7. The predicted molar refractivity (Wildman–Crippen MR) is 363 cm³/mol. The van der Waals surface area contributed by atoms with Crippen molar-refractivity contribution in [3.63, 3.8) is 0 Å². The molecule has 0 bridgehead atoms. The monoisotopic (exact) mass is 1420 g/mol. The van der Waals surface area contributed by atoms with Gasteiger partial charge >= 0.3 is 5.97 Å². The summed E-state index contributed by atoms with van der Waals surface area (Å²) in [4.78, 5) is 94.9. The number of aromatic nitrogens is 3. The van der Waals surface area contributed by atoms with E-state index in [2.05, 4.69) is 27.9 Å². The summed E-state index contributed by atoms with van der Waals surface area (Å²) in [6, 6.07) is 18.0. The van der Waals surface area contributed by atoms with Crippen molar-refractivity contribution >= 4 is 46.7 Å². The van der Waals surface area contributed by atoms with Gasteiger partial charge in [-0.25, -0.2) is 4.68 Å². The zero-order valence-corrected chi connectivity index (χ0v) is 57.8. The Hall–Kier alpha value is -8.21. The smallest absolute Gasteiger partial charge is 0.322 e. The van der Waals surface area contributed by atoms with E-state index in [9.17, 15) is 59.1 Å². The van der Waals surface area contributed by atoms with Crippen LogP contribution in [-0.2, 0) is 90.9 Å². The Morgan fingerprint density at radius 2 is 1.35 bits per heavy atom. The molecule has 30 nitrogen and oxygen atoms in total. The summed E-state index contributed by atoms with van der Waals surface area (Å²) in [5.41, 5.74) is 6.23. The average molecular weight is 1420 g/mol. The van der Waals surface area contributed by atoms with E-state index in [4.69, 9.17) is 57.8 Å². The van der Waals surface area contributed by atoms with Crippen LogP contribution in [-0.4, -0.2) is 237 Å². The van der Waals surface area contributed by atoms with Crippen molar-refractivity contribution in [2.24, 2.45) is 5.73 Å². The average Bonchev–Trinajstić information content (AvgIpc) is 0.822. The van der Waals surface area contributed by atoms with Gasteiger partial charge in [0.05, 0.1) is 159 Å². The first-order valence-electron chi connectivity index (χ1n) is 34.6.